The molecule has 1 aromatic carbocycles. The predicted octanol–water partition coefficient (Wildman–Crippen LogP) is 2.50. The summed E-state index contributed by atoms with van der Waals surface area (Å²) in [6.45, 7) is 3.36. The van der Waals surface area contributed by atoms with Crippen molar-refractivity contribution in [3.05, 3.63) is 53.6 Å². The van der Waals surface area contributed by atoms with E-state index in [9.17, 15) is 4.79 Å². The maximum absolute atomic E-state index is 12.1. The summed E-state index contributed by atoms with van der Waals surface area (Å²) in [6.07, 6.45) is 6.32. The maximum Gasteiger partial charge on any atom is 0.251 e. The number of nitrogens with zero attached hydrogens (tertiary/aromatic N) is 2. The number of carbonyl (C=O) groups is 1. The Morgan fingerprint density at radius 2 is 2.20 bits per heavy atom. The van der Waals surface area contributed by atoms with E-state index in [0.29, 0.717) is 12.5 Å². The van der Waals surface area contributed by atoms with Crippen LogP contribution < -0.4 is 5.32 Å². The van der Waals surface area contributed by atoms with Gasteiger partial charge in [-0.3, -0.25) is 4.79 Å². The first-order valence-corrected chi connectivity index (χ1v) is 7.10. The van der Waals surface area contributed by atoms with Crippen molar-refractivity contribution in [2.75, 3.05) is 6.54 Å². The van der Waals surface area contributed by atoms with E-state index in [-0.39, 0.29) is 5.91 Å². The fourth-order valence-electron chi connectivity index (χ4n) is 2.42. The van der Waals surface area contributed by atoms with Crippen LogP contribution >= 0.6 is 0 Å². The Bertz CT molecular complexity index is 614. The number of nitrogens with one attached hydrogen (secondary N) is 1. The number of aromatic nitrogens is 2. The van der Waals surface area contributed by atoms with E-state index in [1.807, 2.05) is 43.6 Å². The number of imidazole rings is 1. The van der Waals surface area contributed by atoms with Crippen molar-refractivity contribution in [1.29, 1.82) is 0 Å². The molecular formula is C16H19N3O. The molecule has 1 aliphatic rings. The van der Waals surface area contributed by atoms with Gasteiger partial charge in [-0.05, 0) is 31.4 Å². The summed E-state index contributed by atoms with van der Waals surface area (Å²) in [5.41, 5.74) is 1.76. The van der Waals surface area contributed by atoms with Gasteiger partial charge >= 0.3 is 0 Å². The van der Waals surface area contributed by atoms with Crippen LogP contribution in [0.25, 0.3) is 0 Å². The minimum Gasteiger partial charge on any atom is -0.350 e. The molecule has 0 unspecified atom stereocenters. The zero-order valence-electron chi connectivity index (χ0n) is 11.7. The van der Waals surface area contributed by atoms with Crippen LogP contribution in [0.2, 0.25) is 0 Å². The van der Waals surface area contributed by atoms with Gasteiger partial charge in [-0.15, -0.1) is 0 Å². The molecule has 0 bridgehead atoms. The van der Waals surface area contributed by atoms with Crippen molar-refractivity contribution in [1.82, 2.24) is 14.9 Å². The molecule has 4 heteroatoms. The molecule has 0 aliphatic heterocycles. The first-order chi connectivity index (χ1) is 9.75. The zero-order valence-corrected chi connectivity index (χ0v) is 11.7. The summed E-state index contributed by atoms with van der Waals surface area (Å²) in [6, 6.07) is 7.65. The SMILES string of the molecule is Cc1ccccc1C(=O)NCCn1ccnc1C1CC1. The second-order valence-electron chi connectivity index (χ2n) is 5.32. The number of amides is 1. The van der Waals surface area contributed by atoms with E-state index in [1.54, 1.807) is 0 Å². The molecule has 104 valence electrons. The molecule has 1 fully saturated rings. The van der Waals surface area contributed by atoms with Crippen LogP contribution in [0.3, 0.4) is 0 Å². The van der Waals surface area contributed by atoms with Crippen LogP contribution in [-0.4, -0.2) is 22.0 Å². The summed E-state index contributed by atoms with van der Waals surface area (Å²) in [4.78, 5) is 16.5. The molecule has 20 heavy (non-hydrogen) atoms. The van der Waals surface area contributed by atoms with E-state index < -0.39 is 0 Å². The summed E-state index contributed by atoms with van der Waals surface area (Å²) in [5, 5.41) is 2.98. The smallest absolute Gasteiger partial charge is 0.251 e. The lowest BCUT2D eigenvalue weighted by molar-refractivity contribution is 0.0951. The largest absolute Gasteiger partial charge is 0.350 e. The van der Waals surface area contributed by atoms with Crippen LogP contribution in [0.1, 0.15) is 40.5 Å². The standard InChI is InChI=1S/C16H19N3O/c1-12-4-2-3-5-14(12)16(20)18-9-11-19-10-8-17-15(19)13-6-7-13/h2-5,8,10,13H,6-7,9,11H2,1H3,(H,18,20). The third kappa shape index (κ3) is 2.74. The van der Waals surface area contributed by atoms with Crippen molar-refractivity contribution >= 4 is 5.91 Å². The number of aryl methyl sites for hydroxylation is 1. The molecule has 1 amide bonds. The quantitative estimate of drug-likeness (QED) is 0.906. The Morgan fingerprint density at radius 1 is 1.40 bits per heavy atom. The van der Waals surface area contributed by atoms with Gasteiger partial charge in [0.1, 0.15) is 5.82 Å². The van der Waals surface area contributed by atoms with E-state index in [2.05, 4.69) is 14.9 Å². The summed E-state index contributed by atoms with van der Waals surface area (Å²) >= 11 is 0. The molecule has 0 saturated heterocycles. The van der Waals surface area contributed by atoms with E-state index >= 15 is 0 Å². The van der Waals surface area contributed by atoms with Crippen LogP contribution in [0.15, 0.2) is 36.7 Å². The van der Waals surface area contributed by atoms with Crippen molar-refractivity contribution in [2.24, 2.45) is 0 Å². The highest BCUT2D eigenvalue weighted by molar-refractivity contribution is 5.95. The normalized spacial score (nSPS) is 14.2. The average Bonchev–Trinajstić information content (AvgIpc) is 3.19. The van der Waals surface area contributed by atoms with Gasteiger partial charge in [0, 0.05) is 37.0 Å². The van der Waals surface area contributed by atoms with Crippen molar-refractivity contribution < 1.29 is 4.79 Å². The highest BCUT2D eigenvalue weighted by atomic mass is 16.1. The Morgan fingerprint density at radius 3 is 2.95 bits per heavy atom. The fourth-order valence-corrected chi connectivity index (χ4v) is 2.42. The number of benzene rings is 1. The molecule has 1 N–H and O–H groups in total. The van der Waals surface area contributed by atoms with Gasteiger partial charge in [-0.25, -0.2) is 4.98 Å². The minimum atomic E-state index is -0.00353. The van der Waals surface area contributed by atoms with Gasteiger partial charge in [-0.1, -0.05) is 18.2 Å². The molecule has 4 nitrogen and oxygen atoms in total. The van der Waals surface area contributed by atoms with Crippen LogP contribution in [0, 0.1) is 6.92 Å². The number of hydrogen-bond acceptors (Lipinski definition) is 2. The first-order valence-electron chi connectivity index (χ1n) is 7.10. The Kier molecular flexibility index (Phi) is 3.54. The molecule has 3 rings (SSSR count). The molecule has 1 saturated carbocycles. The van der Waals surface area contributed by atoms with E-state index in [4.69, 9.17) is 0 Å². The Balaban J connectivity index is 1.56. The van der Waals surface area contributed by atoms with Crippen LogP contribution in [-0.2, 0) is 6.54 Å². The highest BCUT2D eigenvalue weighted by Crippen LogP contribution is 2.38. The van der Waals surface area contributed by atoms with Gasteiger partial charge in [0.25, 0.3) is 5.91 Å². The lowest BCUT2D eigenvalue weighted by Crippen LogP contribution is -2.28. The van der Waals surface area contributed by atoms with Gasteiger partial charge < -0.3 is 9.88 Å². The van der Waals surface area contributed by atoms with Crippen LogP contribution in [0.4, 0.5) is 0 Å². The van der Waals surface area contributed by atoms with Crippen molar-refractivity contribution in [3.8, 4) is 0 Å². The number of rotatable bonds is 5. The molecule has 0 radical (unpaired) electrons. The predicted molar refractivity (Wildman–Crippen MR) is 77.7 cm³/mol. The maximum atomic E-state index is 12.1. The minimum absolute atomic E-state index is 0.00353. The summed E-state index contributed by atoms with van der Waals surface area (Å²) in [5.74, 6) is 1.79. The van der Waals surface area contributed by atoms with E-state index in [1.165, 1.54) is 12.8 Å². The first kappa shape index (κ1) is 12.9. The molecule has 0 atom stereocenters. The summed E-state index contributed by atoms with van der Waals surface area (Å²) in [7, 11) is 0. The topological polar surface area (TPSA) is 46.9 Å². The third-order valence-electron chi connectivity index (χ3n) is 3.72. The second kappa shape index (κ2) is 5.49. The molecule has 1 aliphatic carbocycles. The zero-order chi connectivity index (χ0) is 13.9. The lowest BCUT2D eigenvalue weighted by Gasteiger charge is -2.10. The average molecular weight is 269 g/mol. The molecule has 0 spiro atoms. The monoisotopic (exact) mass is 269 g/mol. The third-order valence-corrected chi connectivity index (χ3v) is 3.72. The van der Waals surface area contributed by atoms with Gasteiger partial charge in [0.2, 0.25) is 0 Å². The second-order valence-corrected chi connectivity index (χ2v) is 5.32. The Labute approximate surface area is 118 Å². The number of carbonyl (C=O) groups excluding carboxylic acids is 1. The summed E-state index contributed by atoms with van der Waals surface area (Å²) < 4.78 is 2.15. The molecule has 1 heterocycles. The van der Waals surface area contributed by atoms with Crippen molar-refractivity contribution in [3.63, 3.8) is 0 Å². The van der Waals surface area contributed by atoms with E-state index in [0.717, 1.165) is 23.5 Å². The fraction of sp³-hybridized carbons (Fsp3) is 0.375. The van der Waals surface area contributed by atoms with Crippen LogP contribution in [0.5, 0.6) is 0 Å². The Hall–Kier alpha value is -2.10. The number of hydrogen-bond donors (Lipinski definition) is 1. The van der Waals surface area contributed by atoms with Gasteiger partial charge in [-0.2, -0.15) is 0 Å². The molecule has 1 aromatic heterocycles. The van der Waals surface area contributed by atoms with Gasteiger partial charge in [0.15, 0.2) is 0 Å². The lowest BCUT2D eigenvalue weighted by atomic mass is 10.1. The van der Waals surface area contributed by atoms with Crippen molar-refractivity contribution in [2.45, 2.75) is 32.2 Å². The molecule has 2 aromatic rings. The molecular weight excluding hydrogens is 250 g/mol. The highest BCUT2D eigenvalue weighted by Gasteiger charge is 2.27. The van der Waals surface area contributed by atoms with Gasteiger partial charge in [0.05, 0.1) is 0 Å².